The van der Waals surface area contributed by atoms with Crippen molar-refractivity contribution < 1.29 is 4.79 Å². The van der Waals surface area contributed by atoms with Gasteiger partial charge in [0, 0.05) is 23.6 Å². The summed E-state index contributed by atoms with van der Waals surface area (Å²) >= 11 is 0. The maximum Gasteiger partial charge on any atom is 0.228 e. The fraction of sp³-hybridized carbons (Fsp3) is 0.0625. The van der Waals surface area contributed by atoms with Crippen LogP contribution in [0.2, 0.25) is 0 Å². The standard InChI is InChI=1S/C16H12N4O/c21-16-10-12-9-11(1-2-14(12)19-16)15-5-8-18-20(15)13-3-6-17-7-4-13/h1-9H,10H2,(H,19,21). The lowest BCUT2D eigenvalue weighted by atomic mass is 10.1. The average Bonchev–Trinajstić information content (AvgIpc) is 3.12. The van der Waals surface area contributed by atoms with Crippen LogP contribution in [0.5, 0.6) is 0 Å². The lowest BCUT2D eigenvalue weighted by molar-refractivity contribution is -0.115. The van der Waals surface area contributed by atoms with Crippen molar-refractivity contribution in [3.8, 4) is 16.9 Å². The molecule has 0 atom stereocenters. The van der Waals surface area contributed by atoms with Crippen LogP contribution >= 0.6 is 0 Å². The second-order valence-corrected chi connectivity index (χ2v) is 4.93. The molecule has 0 spiro atoms. The molecule has 0 saturated carbocycles. The summed E-state index contributed by atoms with van der Waals surface area (Å²) in [5, 5.41) is 7.22. The summed E-state index contributed by atoms with van der Waals surface area (Å²) in [5.41, 5.74) is 4.92. The first-order valence-corrected chi connectivity index (χ1v) is 6.69. The number of hydrogen-bond acceptors (Lipinski definition) is 3. The number of anilines is 1. The van der Waals surface area contributed by atoms with Gasteiger partial charge in [-0.25, -0.2) is 4.68 Å². The van der Waals surface area contributed by atoms with Crippen LogP contribution in [-0.4, -0.2) is 20.7 Å². The minimum Gasteiger partial charge on any atom is -0.326 e. The highest BCUT2D eigenvalue weighted by Gasteiger charge is 2.18. The number of benzene rings is 1. The number of fused-ring (bicyclic) bond motifs is 1. The van der Waals surface area contributed by atoms with E-state index in [4.69, 9.17) is 0 Å². The molecule has 1 amide bonds. The van der Waals surface area contributed by atoms with E-state index >= 15 is 0 Å². The lowest BCUT2D eigenvalue weighted by Crippen LogP contribution is -2.03. The largest absolute Gasteiger partial charge is 0.326 e. The Hall–Kier alpha value is -2.95. The highest BCUT2D eigenvalue weighted by molar-refractivity contribution is 5.99. The first-order chi connectivity index (χ1) is 10.3. The molecule has 2 aromatic heterocycles. The third-order valence-electron chi connectivity index (χ3n) is 3.58. The second kappa shape index (κ2) is 4.56. The highest BCUT2D eigenvalue weighted by atomic mass is 16.1. The van der Waals surface area contributed by atoms with E-state index in [9.17, 15) is 4.79 Å². The predicted octanol–water partition coefficient (Wildman–Crippen LogP) is 2.43. The fourth-order valence-electron chi connectivity index (χ4n) is 2.60. The molecule has 0 unspecified atom stereocenters. The zero-order valence-corrected chi connectivity index (χ0v) is 11.2. The Morgan fingerprint density at radius 1 is 1.05 bits per heavy atom. The van der Waals surface area contributed by atoms with Crippen molar-refractivity contribution in [3.05, 3.63) is 60.6 Å². The molecule has 1 aromatic carbocycles. The van der Waals surface area contributed by atoms with Gasteiger partial charge in [-0.05, 0) is 35.9 Å². The Bertz CT molecular complexity index is 823. The third-order valence-corrected chi connectivity index (χ3v) is 3.58. The van der Waals surface area contributed by atoms with Crippen molar-refractivity contribution in [2.75, 3.05) is 5.32 Å². The van der Waals surface area contributed by atoms with E-state index in [1.54, 1.807) is 18.6 Å². The van der Waals surface area contributed by atoms with Gasteiger partial charge in [0.1, 0.15) is 0 Å². The summed E-state index contributed by atoms with van der Waals surface area (Å²) in [6.07, 6.45) is 5.69. The molecule has 3 heterocycles. The zero-order valence-electron chi connectivity index (χ0n) is 11.2. The van der Waals surface area contributed by atoms with E-state index in [-0.39, 0.29) is 5.91 Å². The summed E-state index contributed by atoms with van der Waals surface area (Å²) in [6, 6.07) is 11.8. The van der Waals surface area contributed by atoms with Crippen LogP contribution < -0.4 is 5.32 Å². The molecule has 21 heavy (non-hydrogen) atoms. The number of hydrogen-bond donors (Lipinski definition) is 1. The van der Waals surface area contributed by atoms with Gasteiger partial charge in [0.05, 0.1) is 24.0 Å². The van der Waals surface area contributed by atoms with Crippen LogP contribution in [0.15, 0.2) is 55.0 Å². The number of nitrogens with zero attached hydrogens (tertiary/aromatic N) is 3. The van der Waals surface area contributed by atoms with Gasteiger partial charge in [0.25, 0.3) is 0 Å². The number of aromatic nitrogens is 3. The SMILES string of the molecule is O=C1Cc2cc(-c3ccnn3-c3ccncc3)ccc2N1. The molecular formula is C16H12N4O. The van der Waals surface area contributed by atoms with Gasteiger partial charge in [-0.15, -0.1) is 0 Å². The molecule has 1 aliphatic heterocycles. The van der Waals surface area contributed by atoms with Crippen LogP contribution in [-0.2, 0) is 11.2 Å². The van der Waals surface area contributed by atoms with Crippen LogP contribution in [0.1, 0.15) is 5.56 Å². The van der Waals surface area contributed by atoms with Crippen molar-refractivity contribution in [2.45, 2.75) is 6.42 Å². The topological polar surface area (TPSA) is 59.8 Å². The maximum atomic E-state index is 11.5. The number of nitrogens with one attached hydrogen (secondary N) is 1. The second-order valence-electron chi connectivity index (χ2n) is 4.93. The summed E-state index contributed by atoms with van der Waals surface area (Å²) in [4.78, 5) is 15.5. The van der Waals surface area contributed by atoms with Crippen LogP contribution in [0, 0.1) is 0 Å². The Morgan fingerprint density at radius 3 is 2.76 bits per heavy atom. The molecule has 0 saturated heterocycles. The first kappa shape index (κ1) is 11.8. The third kappa shape index (κ3) is 1.99. The van der Waals surface area contributed by atoms with Crippen LogP contribution in [0.4, 0.5) is 5.69 Å². The van der Waals surface area contributed by atoms with Gasteiger partial charge < -0.3 is 5.32 Å². The Kier molecular flexibility index (Phi) is 2.57. The number of amides is 1. The average molecular weight is 276 g/mol. The molecule has 0 fully saturated rings. The minimum atomic E-state index is 0.0461. The number of pyridine rings is 1. The van der Waals surface area contributed by atoms with Gasteiger partial charge in [0.2, 0.25) is 5.91 Å². The van der Waals surface area contributed by atoms with E-state index in [1.807, 2.05) is 41.1 Å². The summed E-state index contributed by atoms with van der Waals surface area (Å²) in [6.45, 7) is 0. The molecule has 4 rings (SSSR count). The molecule has 0 radical (unpaired) electrons. The Morgan fingerprint density at radius 2 is 1.90 bits per heavy atom. The Labute approximate surface area is 121 Å². The van der Waals surface area contributed by atoms with Crippen LogP contribution in [0.25, 0.3) is 16.9 Å². The van der Waals surface area contributed by atoms with Crippen LogP contribution in [0.3, 0.4) is 0 Å². The lowest BCUT2D eigenvalue weighted by Gasteiger charge is -2.08. The van der Waals surface area contributed by atoms with E-state index in [0.29, 0.717) is 6.42 Å². The summed E-state index contributed by atoms with van der Waals surface area (Å²) in [7, 11) is 0. The van der Waals surface area contributed by atoms with Crippen molar-refractivity contribution in [1.29, 1.82) is 0 Å². The van der Waals surface area contributed by atoms with Gasteiger partial charge >= 0.3 is 0 Å². The molecule has 5 nitrogen and oxygen atoms in total. The van der Waals surface area contributed by atoms with Gasteiger partial charge in [-0.1, -0.05) is 6.07 Å². The molecule has 3 aromatic rings. The molecule has 1 N–H and O–H groups in total. The van der Waals surface area contributed by atoms with Crippen molar-refractivity contribution in [3.63, 3.8) is 0 Å². The van der Waals surface area contributed by atoms with Gasteiger partial charge in [-0.2, -0.15) is 5.10 Å². The van der Waals surface area contributed by atoms with E-state index in [1.165, 1.54) is 0 Å². The van der Waals surface area contributed by atoms with Crippen molar-refractivity contribution >= 4 is 11.6 Å². The quantitative estimate of drug-likeness (QED) is 0.782. The molecular weight excluding hydrogens is 264 g/mol. The fourth-order valence-corrected chi connectivity index (χ4v) is 2.60. The molecule has 5 heteroatoms. The molecule has 1 aliphatic rings. The maximum absolute atomic E-state index is 11.5. The number of carbonyl (C=O) groups excluding carboxylic acids is 1. The predicted molar refractivity (Wildman–Crippen MR) is 79.1 cm³/mol. The smallest absolute Gasteiger partial charge is 0.228 e. The van der Waals surface area contributed by atoms with Gasteiger partial charge in [-0.3, -0.25) is 9.78 Å². The summed E-state index contributed by atoms with van der Waals surface area (Å²) in [5.74, 6) is 0.0461. The van der Waals surface area contributed by atoms with E-state index < -0.39 is 0 Å². The monoisotopic (exact) mass is 276 g/mol. The number of rotatable bonds is 2. The normalized spacial score (nSPS) is 13.0. The van der Waals surface area contributed by atoms with Crippen molar-refractivity contribution in [1.82, 2.24) is 14.8 Å². The molecule has 0 aliphatic carbocycles. The van der Waals surface area contributed by atoms with Crippen molar-refractivity contribution in [2.24, 2.45) is 0 Å². The first-order valence-electron chi connectivity index (χ1n) is 6.69. The van der Waals surface area contributed by atoms with E-state index in [2.05, 4.69) is 15.4 Å². The van der Waals surface area contributed by atoms with Gasteiger partial charge in [0.15, 0.2) is 0 Å². The number of carbonyl (C=O) groups is 1. The Balaban J connectivity index is 1.81. The summed E-state index contributed by atoms with van der Waals surface area (Å²) < 4.78 is 1.87. The minimum absolute atomic E-state index is 0.0461. The molecule has 102 valence electrons. The van der Waals surface area contributed by atoms with E-state index in [0.717, 1.165) is 28.2 Å². The zero-order chi connectivity index (χ0) is 14.2. The highest BCUT2D eigenvalue weighted by Crippen LogP contribution is 2.29. The molecule has 0 bridgehead atoms.